The summed E-state index contributed by atoms with van der Waals surface area (Å²) in [4.78, 5) is 27.1. The molecule has 1 fully saturated rings. The number of benzene rings is 2. The maximum absolute atomic E-state index is 13.6. The van der Waals surface area contributed by atoms with Crippen molar-refractivity contribution in [2.45, 2.75) is 38.8 Å². The maximum atomic E-state index is 13.6. The standard InChI is InChI=1S/C23H24F4N2O4/c1-12(2)20(28-22(31)16-11-17(25)18(26)19(27)21(16)30)23(32)29-9-7-15(8-10-29)33-14-5-3-13(24)4-6-14/h3-6,11-12,15,20,30H,7-10H2,1-2H3,(H,28,31)/t20-/m0/s1. The SMILES string of the molecule is CC(C)[C@H](NC(=O)c1cc(F)c(F)c(F)c1O)C(=O)N1CCC(Oc2ccc(F)cc2)CC1. The van der Waals surface area contributed by atoms with Crippen LogP contribution in [-0.2, 0) is 4.79 Å². The molecule has 2 amide bonds. The lowest BCUT2D eigenvalue weighted by Gasteiger charge is -2.35. The van der Waals surface area contributed by atoms with Crippen LogP contribution in [0, 0.1) is 29.2 Å². The monoisotopic (exact) mass is 468 g/mol. The average molecular weight is 468 g/mol. The van der Waals surface area contributed by atoms with Crippen LogP contribution in [0.5, 0.6) is 11.5 Å². The number of likely N-dealkylation sites (tertiary alicyclic amines) is 1. The topological polar surface area (TPSA) is 78.9 Å². The molecular weight excluding hydrogens is 444 g/mol. The van der Waals surface area contributed by atoms with E-state index in [4.69, 9.17) is 4.74 Å². The number of hydrogen-bond donors (Lipinski definition) is 2. The summed E-state index contributed by atoms with van der Waals surface area (Å²) < 4.78 is 59.2. The molecule has 1 aliphatic heterocycles. The predicted molar refractivity (Wildman–Crippen MR) is 111 cm³/mol. The first-order valence-electron chi connectivity index (χ1n) is 10.5. The fourth-order valence-corrected chi connectivity index (χ4v) is 3.59. The third kappa shape index (κ3) is 5.55. The Labute approximate surface area is 188 Å². The zero-order valence-corrected chi connectivity index (χ0v) is 18.1. The van der Waals surface area contributed by atoms with Crippen LogP contribution in [0.3, 0.4) is 0 Å². The molecule has 6 nitrogen and oxygen atoms in total. The number of phenolic OH excluding ortho intramolecular Hbond substituents is 1. The van der Waals surface area contributed by atoms with E-state index >= 15 is 0 Å². The van der Waals surface area contributed by atoms with Gasteiger partial charge in [0.2, 0.25) is 11.7 Å². The number of carbonyl (C=O) groups is 2. The summed E-state index contributed by atoms with van der Waals surface area (Å²) >= 11 is 0. The second-order valence-electron chi connectivity index (χ2n) is 8.17. The van der Waals surface area contributed by atoms with Crippen molar-refractivity contribution in [3.8, 4) is 11.5 Å². The molecule has 2 aromatic rings. The molecule has 2 aromatic carbocycles. The van der Waals surface area contributed by atoms with Crippen LogP contribution < -0.4 is 10.1 Å². The van der Waals surface area contributed by atoms with Crippen molar-refractivity contribution in [3.63, 3.8) is 0 Å². The Balaban J connectivity index is 1.64. The lowest BCUT2D eigenvalue weighted by atomic mass is 9.99. The van der Waals surface area contributed by atoms with Gasteiger partial charge < -0.3 is 20.1 Å². The number of aromatic hydroxyl groups is 1. The van der Waals surface area contributed by atoms with Gasteiger partial charge in [0.1, 0.15) is 23.7 Å². The molecule has 1 heterocycles. The zero-order valence-electron chi connectivity index (χ0n) is 18.1. The summed E-state index contributed by atoms with van der Waals surface area (Å²) in [7, 11) is 0. The van der Waals surface area contributed by atoms with Crippen molar-refractivity contribution in [1.82, 2.24) is 10.2 Å². The number of nitrogens with one attached hydrogen (secondary N) is 1. The van der Waals surface area contributed by atoms with Crippen molar-refractivity contribution in [1.29, 1.82) is 0 Å². The molecule has 1 aliphatic rings. The highest BCUT2D eigenvalue weighted by Gasteiger charge is 2.33. The second kappa shape index (κ2) is 10.1. The van der Waals surface area contributed by atoms with E-state index < -0.39 is 46.6 Å². The summed E-state index contributed by atoms with van der Waals surface area (Å²) in [6.07, 6.45) is 0.849. The van der Waals surface area contributed by atoms with Crippen molar-refractivity contribution >= 4 is 11.8 Å². The van der Waals surface area contributed by atoms with Gasteiger partial charge >= 0.3 is 0 Å². The van der Waals surface area contributed by atoms with Gasteiger partial charge in [-0.2, -0.15) is 4.39 Å². The zero-order chi connectivity index (χ0) is 24.3. The Kier molecular flexibility index (Phi) is 7.45. The average Bonchev–Trinajstić information content (AvgIpc) is 2.79. The number of carbonyl (C=O) groups excluding carboxylic acids is 2. The van der Waals surface area contributed by atoms with Gasteiger partial charge in [-0.25, -0.2) is 13.2 Å². The first kappa shape index (κ1) is 24.3. The van der Waals surface area contributed by atoms with Crippen molar-refractivity contribution < 1.29 is 37.0 Å². The van der Waals surface area contributed by atoms with Crippen molar-refractivity contribution in [3.05, 3.63) is 59.2 Å². The molecule has 0 spiro atoms. The molecule has 10 heteroatoms. The molecule has 2 N–H and O–H groups in total. The quantitative estimate of drug-likeness (QED) is 0.500. The smallest absolute Gasteiger partial charge is 0.255 e. The Morgan fingerprint density at radius 1 is 1.06 bits per heavy atom. The highest BCUT2D eigenvalue weighted by molar-refractivity contribution is 5.99. The van der Waals surface area contributed by atoms with Crippen LogP contribution in [0.25, 0.3) is 0 Å². The van der Waals surface area contributed by atoms with Gasteiger partial charge in [-0.15, -0.1) is 0 Å². The first-order chi connectivity index (χ1) is 15.6. The molecule has 0 aliphatic carbocycles. The summed E-state index contributed by atoms with van der Waals surface area (Å²) in [6, 6.07) is 4.97. The van der Waals surface area contributed by atoms with Crippen molar-refractivity contribution in [2.75, 3.05) is 13.1 Å². The number of nitrogens with zero attached hydrogens (tertiary/aromatic N) is 1. The van der Waals surface area contributed by atoms with E-state index in [0.29, 0.717) is 37.7 Å². The third-order valence-corrected chi connectivity index (χ3v) is 5.47. The fraction of sp³-hybridized carbons (Fsp3) is 0.391. The van der Waals surface area contributed by atoms with Crippen LogP contribution in [0.1, 0.15) is 37.0 Å². The number of rotatable bonds is 6. The molecule has 0 bridgehead atoms. The van der Waals surface area contributed by atoms with Crippen LogP contribution in [0.15, 0.2) is 30.3 Å². The molecule has 3 rings (SSSR count). The van der Waals surface area contributed by atoms with E-state index in [9.17, 15) is 32.3 Å². The Morgan fingerprint density at radius 3 is 2.24 bits per heavy atom. The maximum Gasteiger partial charge on any atom is 0.255 e. The minimum Gasteiger partial charge on any atom is -0.504 e. The van der Waals surface area contributed by atoms with E-state index in [2.05, 4.69) is 5.32 Å². The van der Waals surface area contributed by atoms with Gasteiger partial charge in [0.05, 0.1) is 5.56 Å². The second-order valence-corrected chi connectivity index (χ2v) is 8.17. The number of phenols is 1. The van der Waals surface area contributed by atoms with E-state index in [0.717, 1.165) is 0 Å². The van der Waals surface area contributed by atoms with Gasteiger partial charge in [0, 0.05) is 25.9 Å². The first-order valence-corrected chi connectivity index (χ1v) is 10.5. The molecule has 1 atom stereocenters. The lowest BCUT2D eigenvalue weighted by molar-refractivity contribution is -0.136. The summed E-state index contributed by atoms with van der Waals surface area (Å²) in [5.41, 5.74) is -0.809. The molecule has 0 unspecified atom stereocenters. The molecule has 0 aromatic heterocycles. The Morgan fingerprint density at radius 2 is 1.67 bits per heavy atom. The van der Waals surface area contributed by atoms with E-state index in [1.807, 2.05) is 0 Å². The Hall–Kier alpha value is -3.30. The van der Waals surface area contributed by atoms with E-state index in [-0.39, 0.29) is 17.8 Å². The minimum atomic E-state index is -1.90. The van der Waals surface area contributed by atoms with E-state index in [1.165, 1.54) is 24.3 Å². The Bertz CT molecular complexity index is 1020. The molecular formula is C23H24F4N2O4. The molecule has 0 radical (unpaired) electrons. The van der Waals surface area contributed by atoms with Gasteiger partial charge in [-0.1, -0.05) is 13.8 Å². The van der Waals surface area contributed by atoms with Gasteiger partial charge in [0.25, 0.3) is 5.91 Å². The highest BCUT2D eigenvalue weighted by Crippen LogP contribution is 2.26. The largest absolute Gasteiger partial charge is 0.504 e. The number of hydrogen-bond acceptors (Lipinski definition) is 4. The highest BCUT2D eigenvalue weighted by atomic mass is 19.2. The molecule has 178 valence electrons. The summed E-state index contributed by atoms with van der Waals surface area (Å²) in [5.74, 6) is -8.48. The molecule has 1 saturated heterocycles. The number of amides is 2. The summed E-state index contributed by atoms with van der Waals surface area (Å²) in [5, 5.41) is 12.1. The van der Waals surface area contributed by atoms with Crippen molar-refractivity contribution in [2.24, 2.45) is 5.92 Å². The third-order valence-electron chi connectivity index (χ3n) is 5.47. The number of halogens is 4. The van der Waals surface area contributed by atoms with Gasteiger partial charge in [-0.05, 0) is 36.2 Å². The van der Waals surface area contributed by atoms with Gasteiger partial charge in [0.15, 0.2) is 17.4 Å². The lowest BCUT2D eigenvalue weighted by Crippen LogP contribution is -2.53. The van der Waals surface area contributed by atoms with Crippen LogP contribution in [-0.4, -0.2) is 47.1 Å². The minimum absolute atomic E-state index is 0.172. The van der Waals surface area contributed by atoms with Crippen LogP contribution in [0.4, 0.5) is 17.6 Å². The van der Waals surface area contributed by atoms with Crippen LogP contribution >= 0.6 is 0 Å². The fourth-order valence-electron chi connectivity index (χ4n) is 3.59. The number of piperidine rings is 1. The molecule has 33 heavy (non-hydrogen) atoms. The van der Waals surface area contributed by atoms with Crippen LogP contribution in [0.2, 0.25) is 0 Å². The molecule has 0 saturated carbocycles. The predicted octanol–water partition coefficient (Wildman–Crippen LogP) is 3.77. The van der Waals surface area contributed by atoms with E-state index in [1.54, 1.807) is 18.7 Å². The summed E-state index contributed by atoms with van der Waals surface area (Å²) in [6.45, 7) is 4.04. The van der Waals surface area contributed by atoms with Gasteiger partial charge in [-0.3, -0.25) is 9.59 Å². The normalized spacial score (nSPS) is 15.4. The number of ether oxygens (including phenoxy) is 1.